The summed E-state index contributed by atoms with van der Waals surface area (Å²) in [7, 11) is 0. The van der Waals surface area contributed by atoms with Crippen LogP contribution in [0.5, 0.6) is 0 Å². The molecule has 118 valence electrons. The standard InChI is InChI=1S/C14H22N2O5/c1-3-21-13(19)8(2)15-14(20)16-7-9-5-4-6-10(9)11(16)12(17)18/h8-11H,3-7H2,1-2H3,(H,15,20)(H,17,18). The Morgan fingerprint density at radius 2 is 2.10 bits per heavy atom. The number of carboxylic acids is 1. The first-order valence-corrected chi connectivity index (χ1v) is 7.42. The van der Waals surface area contributed by atoms with Crippen LogP contribution in [0, 0.1) is 11.8 Å². The number of esters is 1. The van der Waals surface area contributed by atoms with E-state index in [9.17, 15) is 19.5 Å². The van der Waals surface area contributed by atoms with E-state index >= 15 is 0 Å². The SMILES string of the molecule is CCOC(=O)C(C)NC(=O)N1CC2CCCC2C1C(=O)O. The van der Waals surface area contributed by atoms with E-state index in [2.05, 4.69) is 5.32 Å². The number of urea groups is 1. The lowest BCUT2D eigenvalue weighted by Crippen LogP contribution is -2.51. The lowest BCUT2D eigenvalue weighted by molar-refractivity contribution is -0.144. The number of rotatable bonds is 4. The molecule has 0 bridgehead atoms. The van der Waals surface area contributed by atoms with Crippen LogP contribution in [0.3, 0.4) is 0 Å². The predicted molar refractivity (Wildman–Crippen MR) is 73.6 cm³/mol. The van der Waals surface area contributed by atoms with Crippen LogP contribution in [-0.2, 0) is 14.3 Å². The van der Waals surface area contributed by atoms with E-state index in [0.717, 1.165) is 19.3 Å². The van der Waals surface area contributed by atoms with Gasteiger partial charge in [-0.3, -0.25) is 0 Å². The number of carbonyl (C=O) groups excluding carboxylic acids is 2. The van der Waals surface area contributed by atoms with E-state index in [0.29, 0.717) is 6.54 Å². The quantitative estimate of drug-likeness (QED) is 0.750. The van der Waals surface area contributed by atoms with Gasteiger partial charge in [-0.1, -0.05) is 6.42 Å². The molecule has 1 saturated heterocycles. The van der Waals surface area contributed by atoms with Gasteiger partial charge in [-0.2, -0.15) is 0 Å². The van der Waals surface area contributed by atoms with Gasteiger partial charge in [0.15, 0.2) is 0 Å². The fourth-order valence-corrected chi connectivity index (χ4v) is 3.43. The topological polar surface area (TPSA) is 95.9 Å². The maximum Gasteiger partial charge on any atom is 0.328 e. The molecule has 7 nitrogen and oxygen atoms in total. The number of nitrogens with one attached hydrogen (secondary N) is 1. The Kier molecular flexibility index (Phi) is 4.69. The van der Waals surface area contributed by atoms with Crippen molar-refractivity contribution in [1.29, 1.82) is 0 Å². The van der Waals surface area contributed by atoms with Crippen LogP contribution < -0.4 is 5.32 Å². The Balaban J connectivity index is 2.01. The molecule has 21 heavy (non-hydrogen) atoms. The first-order valence-electron chi connectivity index (χ1n) is 7.42. The fourth-order valence-electron chi connectivity index (χ4n) is 3.43. The second-order valence-corrected chi connectivity index (χ2v) is 5.71. The van der Waals surface area contributed by atoms with Crippen LogP contribution in [0.4, 0.5) is 4.79 Å². The number of hydrogen-bond donors (Lipinski definition) is 2. The molecule has 0 aromatic heterocycles. The van der Waals surface area contributed by atoms with Crippen LogP contribution in [0.25, 0.3) is 0 Å². The molecule has 1 heterocycles. The average molecular weight is 298 g/mol. The summed E-state index contributed by atoms with van der Waals surface area (Å²) in [5.74, 6) is -1.19. The highest BCUT2D eigenvalue weighted by Crippen LogP contribution is 2.42. The molecule has 1 aliphatic heterocycles. The number of fused-ring (bicyclic) bond motifs is 1. The first kappa shape index (κ1) is 15.6. The molecule has 2 aliphatic rings. The molecule has 0 spiro atoms. The average Bonchev–Trinajstić information content (AvgIpc) is 2.97. The van der Waals surface area contributed by atoms with Crippen molar-refractivity contribution in [1.82, 2.24) is 10.2 Å². The summed E-state index contributed by atoms with van der Waals surface area (Å²) in [4.78, 5) is 36.6. The number of aliphatic carboxylic acids is 1. The summed E-state index contributed by atoms with van der Waals surface area (Å²) in [5, 5.41) is 11.9. The third kappa shape index (κ3) is 3.11. The van der Waals surface area contributed by atoms with Gasteiger partial charge in [0.05, 0.1) is 6.61 Å². The normalized spacial score (nSPS) is 28.9. The number of likely N-dealkylation sites (tertiary alicyclic amines) is 1. The van der Waals surface area contributed by atoms with Crippen molar-refractivity contribution in [3.05, 3.63) is 0 Å². The van der Waals surface area contributed by atoms with Crippen molar-refractivity contribution in [3.63, 3.8) is 0 Å². The summed E-state index contributed by atoms with van der Waals surface area (Å²) < 4.78 is 4.83. The van der Waals surface area contributed by atoms with Crippen molar-refractivity contribution in [2.24, 2.45) is 11.8 Å². The number of carboxylic acid groups (broad SMARTS) is 1. The molecule has 0 aromatic carbocycles. The monoisotopic (exact) mass is 298 g/mol. The van der Waals surface area contributed by atoms with Gasteiger partial charge in [0.25, 0.3) is 0 Å². The summed E-state index contributed by atoms with van der Waals surface area (Å²) in [5.41, 5.74) is 0. The van der Waals surface area contributed by atoms with Gasteiger partial charge in [-0.05, 0) is 38.5 Å². The zero-order valence-electron chi connectivity index (χ0n) is 12.4. The molecule has 2 N–H and O–H groups in total. The molecule has 1 aliphatic carbocycles. The Labute approximate surface area is 123 Å². The van der Waals surface area contributed by atoms with E-state index in [1.807, 2.05) is 0 Å². The molecule has 2 rings (SSSR count). The summed E-state index contributed by atoms with van der Waals surface area (Å²) in [6.45, 7) is 3.91. The largest absolute Gasteiger partial charge is 0.480 e. The predicted octanol–water partition coefficient (Wildman–Crippen LogP) is 0.833. The molecule has 2 amide bonds. The zero-order chi connectivity index (χ0) is 15.6. The van der Waals surface area contributed by atoms with Crippen LogP contribution >= 0.6 is 0 Å². The molecule has 0 radical (unpaired) electrons. The number of nitrogens with zero attached hydrogens (tertiary/aromatic N) is 1. The van der Waals surface area contributed by atoms with Gasteiger partial charge < -0.3 is 20.1 Å². The Morgan fingerprint density at radius 1 is 1.38 bits per heavy atom. The molecule has 2 fully saturated rings. The van der Waals surface area contributed by atoms with Crippen molar-refractivity contribution >= 4 is 18.0 Å². The zero-order valence-corrected chi connectivity index (χ0v) is 12.4. The first-order chi connectivity index (χ1) is 9.95. The number of amides is 2. The van der Waals surface area contributed by atoms with E-state index in [4.69, 9.17) is 4.74 Å². The van der Waals surface area contributed by atoms with Crippen LogP contribution in [-0.4, -0.2) is 53.2 Å². The second kappa shape index (κ2) is 6.32. The van der Waals surface area contributed by atoms with Gasteiger partial charge in [-0.15, -0.1) is 0 Å². The third-order valence-corrected chi connectivity index (χ3v) is 4.38. The minimum atomic E-state index is -0.969. The lowest BCUT2D eigenvalue weighted by Gasteiger charge is -2.26. The molecule has 0 aromatic rings. The van der Waals surface area contributed by atoms with Crippen LogP contribution in [0.1, 0.15) is 33.1 Å². The summed E-state index contributed by atoms with van der Waals surface area (Å²) >= 11 is 0. The maximum atomic E-state index is 12.3. The van der Waals surface area contributed by atoms with Gasteiger partial charge in [-0.25, -0.2) is 14.4 Å². The minimum absolute atomic E-state index is 0.0335. The highest BCUT2D eigenvalue weighted by molar-refractivity contribution is 5.87. The number of hydrogen-bond acceptors (Lipinski definition) is 4. The summed E-state index contributed by atoms with van der Waals surface area (Å²) in [6.07, 6.45) is 2.83. The second-order valence-electron chi connectivity index (χ2n) is 5.71. The third-order valence-electron chi connectivity index (χ3n) is 4.38. The van der Waals surface area contributed by atoms with Crippen LogP contribution in [0.2, 0.25) is 0 Å². The van der Waals surface area contributed by atoms with Gasteiger partial charge in [0.2, 0.25) is 0 Å². The van der Waals surface area contributed by atoms with E-state index < -0.39 is 30.1 Å². The van der Waals surface area contributed by atoms with Crippen molar-refractivity contribution in [2.75, 3.05) is 13.2 Å². The van der Waals surface area contributed by atoms with Gasteiger partial charge in [0.1, 0.15) is 12.1 Å². The Bertz CT molecular complexity index is 439. The van der Waals surface area contributed by atoms with Crippen molar-refractivity contribution in [3.8, 4) is 0 Å². The van der Waals surface area contributed by atoms with Crippen LogP contribution in [0.15, 0.2) is 0 Å². The number of ether oxygens (including phenoxy) is 1. The smallest absolute Gasteiger partial charge is 0.328 e. The van der Waals surface area contributed by atoms with Crippen molar-refractivity contribution in [2.45, 2.75) is 45.2 Å². The number of carbonyl (C=O) groups is 3. The Morgan fingerprint density at radius 3 is 2.71 bits per heavy atom. The molecule has 1 saturated carbocycles. The fraction of sp³-hybridized carbons (Fsp3) is 0.786. The van der Waals surface area contributed by atoms with E-state index in [1.54, 1.807) is 6.92 Å². The molecular weight excluding hydrogens is 276 g/mol. The summed E-state index contributed by atoms with van der Waals surface area (Å²) in [6, 6.07) is -2.07. The van der Waals surface area contributed by atoms with E-state index in [-0.39, 0.29) is 18.4 Å². The highest BCUT2D eigenvalue weighted by Gasteiger charge is 2.49. The lowest BCUT2D eigenvalue weighted by atomic mass is 9.94. The highest BCUT2D eigenvalue weighted by atomic mass is 16.5. The molecule has 4 atom stereocenters. The van der Waals surface area contributed by atoms with Crippen molar-refractivity contribution < 1.29 is 24.2 Å². The minimum Gasteiger partial charge on any atom is -0.480 e. The Hall–Kier alpha value is -1.79. The van der Waals surface area contributed by atoms with E-state index in [1.165, 1.54) is 11.8 Å². The van der Waals surface area contributed by atoms with Gasteiger partial charge >= 0.3 is 18.0 Å². The van der Waals surface area contributed by atoms with Gasteiger partial charge in [0, 0.05) is 6.54 Å². The maximum absolute atomic E-state index is 12.3. The molecule has 4 unspecified atom stereocenters. The molecular formula is C14H22N2O5. The molecule has 7 heteroatoms.